The third kappa shape index (κ3) is 4.22. The first-order chi connectivity index (χ1) is 16.0. The standard InChI is InChI=1S/C22H12F4N2O5S/c23-13-7-11(10-2-1-3-12(6-10)33-22(24,25)26)4-5-14(13)28-9-15(29)17-16(8-27)34-19(21(31)32)18(17)20(28)30/h1-7,16,19H,9H2,(H,31,32). The van der Waals surface area contributed by atoms with Crippen LogP contribution in [0.25, 0.3) is 11.1 Å². The average Bonchev–Trinajstić information content (AvgIpc) is 3.16. The van der Waals surface area contributed by atoms with Crippen molar-refractivity contribution in [3.05, 3.63) is 59.4 Å². The first kappa shape index (κ1) is 23.3. The van der Waals surface area contributed by atoms with E-state index in [1.165, 1.54) is 24.3 Å². The number of aliphatic carboxylic acids is 1. The SMILES string of the molecule is N#CC1SC(C(=O)O)C2=C1C(=O)CN(c1ccc(-c3cccc(OC(F)(F)F)c3)cc1F)C2=O. The molecule has 0 spiro atoms. The van der Waals surface area contributed by atoms with Crippen molar-refractivity contribution < 1.29 is 41.8 Å². The lowest BCUT2D eigenvalue weighted by molar-refractivity contribution is -0.274. The number of nitrogens with zero attached hydrogens (tertiary/aromatic N) is 2. The van der Waals surface area contributed by atoms with E-state index in [4.69, 9.17) is 0 Å². The Bertz CT molecular complexity index is 1300. The maximum absolute atomic E-state index is 15.0. The number of halogens is 4. The van der Waals surface area contributed by atoms with E-state index in [0.29, 0.717) is 11.8 Å². The lowest BCUT2D eigenvalue weighted by atomic mass is 9.93. The van der Waals surface area contributed by atoms with Crippen molar-refractivity contribution in [1.82, 2.24) is 0 Å². The van der Waals surface area contributed by atoms with Gasteiger partial charge >= 0.3 is 12.3 Å². The summed E-state index contributed by atoms with van der Waals surface area (Å²) >= 11 is 0.649. The summed E-state index contributed by atoms with van der Waals surface area (Å²) in [6.07, 6.45) is -4.90. The maximum atomic E-state index is 15.0. The van der Waals surface area contributed by atoms with E-state index in [0.717, 1.165) is 23.1 Å². The Morgan fingerprint density at radius 1 is 1.15 bits per heavy atom. The number of thioether (sulfide) groups is 1. The zero-order chi connectivity index (χ0) is 24.8. The van der Waals surface area contributed by atoms with Gasteiger partial charge < -0.3 is 9.84 Å². The number of carboxylic acid groups (broad SMARTS) is 1. The highest BCUT2D eigenvalue weighted by Crippen LogP contribution is 2.43. The molecule has 174 valence electrons. The molecule has 2 unspecified atom stereocenters. The molecule has 1 N–H and O–H groups in total. The van der Waals surface area contributed by atoms with E-state index in [1.54, 1.807) is 6.07 Å². The number of hydrogen-bond donors (Lipinski definition) is 1. The van der Waals surface area contributed by atoms with Crippen LogP contribution in [0.1, 0.15) is 0 Å². The molecule has 2 aromatic carbocycles. The van der Waals surface area contributed by atoms with Gasteiger partial charge in [-0.1, -0.05) is 18.2 Å². The Hall–Kier alpha value is -3.85. The Balaban J connectivity index is 1.68. The molecule has 0 saturated carbocycles. The average molecular weight is 492 g/mol. The molecule has 0 aliphatic carbocycles. The van der Waals surface area contributed by atoms with Gasteiger partial charge in [0.15, 0.2) is 5.78 Å². The first-order valence-electron chi connectivity index (χ1n) is 9.53. The second-order valence-corrected chi connectivity index (χ2v) is 8.46. The Morgan fingerprint density at radius 3 is 2.47 bits per heavy atom. The normalized spacial score (nSPS) is 20.3. The summed E-state index contributed by atoms with van der Waals surface area (Å²) in [7, 11) is 0. The number of rotatable bonds is 4. The number of carbonyl (C=O) groups excluding carboxylic acids is 2. The number of amides is 1. The molecule has 34 heavy (non-hydrogen) atoms. The molecule has 0 saturated heterocycles. The van der Waals surface area contributed by atoms with Crippen LogP contribution in [0, 0.1) is 17.1 Å². The van der Waals surface area contributed by atoms with Crippen LogP contribution in [0.2, 0.25) is 0 Å². The van der Waals surface area contributed by atoms with Crippen molar-refractivity contribution >= 4 is 35.1 Å². The Morgan fingerprint density at radius 2 is 1.85 bits per heavy atom. The van der Waals surface area contributed by atoms with E-state index < -0.39 is 52.6 Å². The molecule has 2 aromatic rings. The maximum Gasteiger partial charge on any atom is 0.573 e. The molecule has 1 amide bonds. The fraction of sp³-hybridized carbons (Fsp3) is 0.182. The molecule has 0 fully saturated rings. The summed E-state index contributed by atoms with van der Waals surface area (Å²) < 4.78 is 56.3. The smallest absolute Gasteiger partial charge is 0.480 e. The topological polar surface area (TPSA) is 108 Å². The van der Waals surface area contributed by atoms with Crippen LogP contribution >= 0.6 is 11.8 Å². The fourth-order valence-corrected chi connectivity index (χ4v) is 4.98. The number of ketones is 1. The largest absolute Gasteiger partial charge is 0.573 e. The predicted octanol–water partition coefficient (Wildman–Crippen LogP) is 3.70. The number of nitriles is 1. The zero-order valence-electron chi connectivity index (χ0n) is 16.8. The summed E-state index contributed by atoms with van der Waals surface area (Å²) in [5, 5.41) is 16.1. The van der Waals surface area contributed by atoms with Crippen molar-refractivity contribution in [3.63, 3.8) is 0 Å². The lowest BCUT2D eigenvalue weighted by Gasteiger charge is -2.28. The van der Waals surface area contributed by atoms with Gasteiger partial charge in [0.1, 0.15) is 22.1 Å². The third-order valence-corrected chi connectivity index (χ3v) is 6.47. The second-order valence-electron chi connectivity index (χ2n) is 7.25. The monoisotopic (exact) mass is 492 g/mol. The number of benzene rings is 2. The lowest BCUT2D eigenvalue weighted by Crippen LogP contribution is -2.45. The van der Waals surface area contributed by atoms with Crippen LogP contribution in [-0.4, -0.2) is 46.2 Å². The number of Topliss-reactive ketones (excluding diaryl/α,β-unsaturated/α-hetero) is 1. The number of carboxylic acids is 1. The molecule has 0 bridgehead atoms. The Kier molecular flexibility index (Phi) is 5.82. The summed E-state index contributed by atoms with van der Waals surface area (Å²) in [6, 6.07) is 10.1. The van der Waals surface area contributed by atoms with Crippen molar-refractivity contribution in [3.8, 4) is 22.9 Å². The summed E-state index contributed by atoms with van der Waals surface area (Å²) in [5.74, 6) is -4.44. The number of carbonyl (C=O) groups is 3. The number of hydrogen-bond acceptors (Lipinski definition) is 6. The van der Waals surface area contributed by atoms with E-state index in [9.17, 15) is 37.9 Å². The van der Waals surface area contributed by atoms with Crippen LogP contribution in [0.4, 0.5) is 23.2 Å². The highest BCUT2D eigenvalue weighted by Gasteiger charge is 2.49. The highest BCUT2D eigenvalue weighted by atomic mass is 32.2. The van der Waals surface area contributed by atoms with Gasteiger partial charge in [-0.3, -0.25) is 19.3 Å². The molecule has 2 aliphatic rings. The second kappa shape index (κ2) is 8.49. The van der Waals surface area contributed by atoms with Crippen molar-refractivity contribution in [2.24, 2.45) is 0 Å². The van der Waals surface area contributed by atoms with Crippen molar-refractivity contribution in [1.29, 1.82) is 5.26 Å². The molecule has 0 radical (unpaired) electrons. The predicted molar refractivity (Wildman–Crippen MR) is 111 cm³/mol. The molecular formula is C22H12F4N2O5S. The van der Waals surface area contributed by atoms with Gasteiger partial charge in [0.05, 0.1) is 23.9 Å². The molecule has 2 atom stereocenters. The quantitative estimate of drug-likeness (QED) is 0.649. The van der Waals surface area contributed by atoms with Gasteiger partial charge in [0, 0.05) is 5.57 Å². The summed E-state index contributed by atoms with van der Waals surface area (Å²) in [5.41, 5.74) is -0.478. The van der Waals surface area contributed by atoms with Crippen molar-refractivity contribution in [2.45, 2.75) is 16.9 Å². The minimum absolute atomic E-state index is 0.175. The molecule has 4 rings (SSSR count). The van der Waals surface area contributed by atoms with Crippen LogP contribution in [0.3, 0.4) is 0 Å². The summed E-state index contributed by atoms with van der Waals surface area (Å²) in [4.78, 5) is 38.1. The minimum atomic E-state index is -4.90. The molecular weight excluding hydrogens is 480 g/mol. The van der Waals surface area contributed by atoms with Crippen LogP contribution < -0.4 is 9.64 Å². The van der Waals surface area contributed by atoms with Crippen LogP contribution in [-0.2, 0) is 14.4 Å². The Labute approximate surface area is 193 Å². The zero-order valence-corrected chi connectivity index (χ0v) is 17.6. The van der Waals surface area contributed by atoms with Crippen molar-refractivity contribution in [2.75, 3.05) is 11.4 Å². The number of ether oxygens (including phenoxy) is 1. The van der Waals surface area contributed by atoms with Crippen LogP contribution in [0.5, 0.6) is 5.75 Å². The highest BCUT2D eigenvalue weighted by molar-refractivity contribution is 8.02. The third-order valence-electron chi connectivity index (χ3n) is 5.15. The van der Waals surface area contributed by atoms with E-state index >= 15 is 4.39 Å². The molecule has 2 aliphatic heterocycles. The number of alkyl halides is 3. The molecule has 2 heterocycles. The summed E-state index contributed by atoms with van der Waals surface area (Å²) in [6.45, 7) is -0.589. The molecule has 0 aromatic heterocycles. The van der Waals surface area contributed by atoms with Gasteiger partial charge in [-0.2, -0.15) is 5.26 Å². The van der Waals surface area contributed by atoms with Gasteiger partial charge in [0.25, 0.3) is 5.91 Å². The fourth-order valence-electron chi connectivity index (χ4n) is 3.77. The van der Waals surface area contributed by atoms with Gasteiger partial charge in [-0.15, -0.1) is 24.9 Å². The minimum Gasteiger partial charge on any atom is -0.480 e. The molecule has 12 heteroatoms. The van der Waals surface area contributed by atoms with Gasteiger partial charge in [0.2, 0.25) is 0 Å². The first-order valence-corrected chi connectivity index (χ1v) is 10.5. The van der Waals surface area contributed by atoms with E-state index in [-0.39, 0.29) is 28.0 Å². The van der Waals surface area contributed by atoms with E-state index in [1.807, 2.05) is 0 Å². The number of anilines is 1. The van der Waals surface area contributed by atoms with Gasteiger partial charge in [-0.05, 0) is 35.4 Å². The van der Waals surface area contributed by atoms with E-state index in [2.05, 4.69) is 4.74 Å². The molecule has 7 nitrogen and oxygen atoms in total. The van der Waals surface area contributed by atoms with Crippen LogP contribution in [0.15, 0.2) is 53.6 Å². The van der Waals surface area contributed by atoms with Gasteiger partial charge in [-0.25, -0.2) is 4.39 Å².